The van der Waals surface area contributed by atoms with E-state index in [2.05, 4.69) is 32.6 Å². The van der Waals surface area contributed by atoms with Crippen LogP contribution in [0.5, 0.6) is 0 Å². The molecule has 0 aliphatic carbocycles. The van der Waals surface area contributed by atoms with Crippen molar-refractivity contribution >= 4 is 5.97 Å². The first-order valence-corrected chi connectivity index (χ1v) is 9.81. The Morgan fingerprint density at radius 1 is 0.833 bits per heavy atom. The number of quaternary nitrogens is 1. The molecule has 0 fully saturated rings. The van der Waals surface area contributed by atoms with Gasteiger partial charge < -0.3 is 9.59 Å². The van der Waals surface area contributed by atoms with Gasteiger partial charge in [-0.05, 0) is 32.6 Å². The lowest BCUT2D eigenvalue weighted by Gasteiger charge is -2.39. The summed E-state index contributed by atoms with van der Waals surface area (Å²) in [6.07, 6.45) is 9.82. The summed E-state index contributed by atoms with van der Waals surface area (Å²) in [6.45, 7) is 16.2. The third-order valence-electron chi connectivity index (χ3n) is 4.38. The Labute approximate surface area is 149 Å². The number of hydrogen-bond donors (Lipinski definition) is 2. The van der Waals surface area contributed by atoms with Crippen LogP contribution in [0.15, 0.2) is 0 Å². The van der Waals surface area contributed by atoms with E-state index in [1.165, 1.54) is 89.0 Å². The Hall–Kier alpha value is -0.650. The van der Waals surface area contributed by atoms with E-state index in [1.54, 1.807) is 0 Å². The summed E-state index contributed by atoms with van der Waals surface area (Å²) in [5.74, 6) is -1.04. The number of hydrogen-bond acceptors (Lipinski definition) is 4. The van der Waals surface area contributed by atoms with Gasteiger partial charge in [0.05, 0.1) is 26.2 Å². The first-order valence-electron chi connectivity index (χ1n) is 9.81. The second-order valence-electron chi connectivity index (χ2n) is 6.74. The Bertz CT molecular complexity index is 245. The van der Waals surface area contributed by atoms with Gasteiger partial charge in [0.1, 0.15) is 0 Å². The highest BCUT2D eigenvalue weighted by atomic mass is 17.1. The maximum Gasteiger partial charge on any atom is 0.369 e. The summed E-state index contributed by atoms with van der Waals surface area (Å²) < 4.78 is 1.42. The molecule has 0 saturated carbocycles. The highest BCUT2D eigenvalue weighted by Gasteiger charge is 2.24. The van der Waals surface area contributed by atoms with E-state index < -0.39 is 12.1 Å². The first-order chi connectivity index (χ1) is 11.4. The third-order valence-corrected chi connectivity index (χ3v) is 4.38. The summed E-state index contributed by atoms with van der Waals surface area (Å²) >= 11 is 0. The van der Waals surface area contributed by atoms with Crippen LogP contribution >= 0.6 is 0 Å². The highest BCUT2D eigenvalue weighted by Crippen LogP contribution is 2.16. The van der Waals surface area contributed by atoms with Crippen LogP contribution in [0.2, 0.25) is 0 Å². The van der Waals surface area contributed by atoms with Crippen molar-refractivity contribution in [3.8, 4) is 0 Å². The zero-order chi connectivity index (χ0) is 18.8. The molecule has 0 bridgehead atoms. The van der Waals surface area contributed by atoms with Gasteiger partial charge in [-0.1, -0.05) is 53.4 Å². The summed E-state index contributed by atoms with van der Waals surface area (Å²) in [5.41, 5.74) is 0. The van der Waals surface area contributed by atoms with Crippen molar-refractivity contribution in [1.82, 2.24) is 0 Å². The van der Waals surface area contributed by atoms with E-state index in [1.807, 2.05) is 0 Å². The molecule has 0 aromatic rings. The normalized spacial score (nSPS) is 12.3. The van der Waals surface area contributed by atoms with Gasteiger partial charge in [-0.2, -0.15) is 5.26 Å². The lowest BCUT2D eigenvalue weighted by molar-refractivity contribution is -0.929. The van der Waals surface area contributed by atoms with Gasteiger partial charge in [-0.15, -0.1) is 0 Å². The number of rotatable bonds is 13. The van der Waals surface area contributed by atoms with Gasteiger partial charge >= 0.3 is 5.97 Å². The van der Waals surface area contributed by atoms with E-state index >= 15 is 0 Å². The molecule has 1 unspecified atom stereocenters. The average molecular weight is 349 g/mol. The van der Waals surface area contributed by atoms with Gasteiger partial charge in [-0.3, -0.25) is 4.89 Å². The zero-order valence-electron chi connectivity index (χ0n) is 16.7. The lowest BCUT2D eigenvalue weighted by atomic mass is 10.1. The van der Waals surface area contributed by atoms with Gasteiger partial charge in [0.25, 0.3) is 0 Å². The van der Waals surface area contributed by atoms with Crippen molar-refractivity contribution in [1.29, 1.82) is 0 Å². The predicted octanol–water partition coefficient (Wildman–Crippen LogP) is 4.39. The molecule has 0 aromatic heterocycles. The van der Waals surface area contributed by atoms with E-state index in [0.717, 1.165) is 0 Å². The van der Waals surface area contributed by atoms with Crippen molar-refractivity contribution in [2.24, 2.45) is 0 Å². The average Bonchev–Trinajstić information content (AvgIpc) is 2.60. The van der Waals surface area contributed by atoms with Crippen molar-refractivity contribution in [3.05, 3.63) is 0 Å². The number of nitrogens with zero attached hydrogens (tertiary/aromatic N) is 1. The number of carbonyl (C=O) groups excluding carboxylic acids is 1. The molecule has 0 saturated heterocycles. The molecule has 0 aliphatic heterocycles. The van der Waals surface area contributed by atoms with Gasteiger partial charge in [-0.25, -0.2) is 4.79 Å². The second-order valence-corrected chi connectivity index (χ2v) is 6.74. The Kier molecular flexibility index (Phi) is 18.3. The molecule has 0 rings (SSSR count). The largest absolute Gasteiger partial charge is 0.382 e. The minimum absolute atomic E-state index is 1.04. The fourth-order valence-corrected chi connectivity index (χ4v) is 2.72. The molecule has 1 atom stereocenters. The monoisotopic (exact) mass is 348 g/mol. The Balaban J connectivity index is 0. The zero-order valence-corrected chi connectivity index (χ0v) is 16.7. The smallest absolute Gasteiger partial charge is 0.369 e. The van der Waals surface area contributed by atoms with E-state index in [0.29, 0.717) is 0 Å². The number of aliphatic hydroxyl groups excluding tert-OH is 1. The Morgan fingerprint density at radius 3 is 1.25 bits per heavy atom. The number of aliphatic hydroxyl groups is 1. The van der Waals surface area contributed by atoms with Crippen LogP contribution < -0.4 is 0 Å². The molecule has 5 heteroatoms. The lowest BCUT2D eigenvalue weighted by Crippen LogP contribution is -2.50. The van der Waals surface area contributed by atoms with Crippen molar-refractivity contribution in [2.75, 3.05) is 26.2 Å². The fourth-order valence-electron chi connectivity index (χ4n) is 2.72. The van der Waals surface area contributed by atoms with Crippen LogP contribution in [0, 0.1) is 0 Å². The van der Waals surface area contributed by atoms with Gasteiger partial charge in [0.2, 0.25) is 0 Å². The summed E-state index contributed by atoms with van der Waals surface area (Å²) in [7, 11) is 0. The minimum Gasteiger partial charge on any atom is -0.382 e. The summed E-state index contributed by atoms with van der Waals surface area (Å²) in [5, 5.41) is 15.7. The quantitative estimate of drug-likeness (QED) is 0.294. The molecule has 0 aliphatic rings. The molecule has 24 heavy (non-hydrogen) atoms. The number of unbranched alkanes of at least 4 members (excludes halogenated alkanes) is 4. The van der Waals surface area contributed by atoms with Gasteiger partial charge in [0, 0.05) is 0 Å². The van der Waals surface area contributed by atoms with Crippen LogP contribution in [0.25, 0.3) is 0 Å². The molecular weight excluding hydrogens is 306 g/mol. The molecule has 0 spiro atoms. The molecule has 0 radical (unpaired) electrons. The van der Waals surface area contributed by atoms with Crippen molar-refractivity contribution in [3.63, 3.8) is 0 Å². The van der Waals surface area contributed by atoms with Crippen LogP contribution in [-0.2, 0) is 9.68 Å². The molecule has 0 heterocycles. The van der Waals surface area contributed by atoms with Crippen molar-refractivity contribution in [2.45, 2.75) is 92.1 Å². The van der Waals surface area contributed by atoms with Crippen LogP contribution in [0.4, 0.5) is 0 Å². The maximum absolute atomic E-state index is 9.79. The molecule has 146 valence electrons. The van der Waals surface area contributed by atoms with E-state index in [4.69, 9.17) is 10.4 Å². The standard InChI is InChI=1S/C16H36N.C3H6O4/c1-5-9-13-17(14-10-6-2,15-11-7-3)16-12-8-4;1-2(4)3(5)7-6/h5-16H2,1-4H3;2,4,6H,1H3/q+1;. The molecule has 0 aromatic carbocycles. The van der Waals surface area contributed by atoms with Crippen LogP contribution in [0.3, 0.4) is 0 Å². The van der Waals surface area contributed by atoms with Crippen LogP contribution in [0.1, 0.15) is 86.0 Å². The third kappa shape index (κ3) is 13.8. The Morgan fingerprint density at radius 2 is 1.12 bits per heavy atom. The second kappa shape index (κ2) is 17.2. The van der Waals surface area contributed by atoms with Crippen molar-refractivity contribution < 1.29 is 24.5 Å². The number of carbonyl (C=O) groups is 1. The fraction of sp³-hybridized carbons (Fsp3) is 0.947. The topological polar surface area (TPSA) is 66.8 Å². The molecular formula is C19H42NO4+. The summed E-state index contributed by atoms with van der Waals surface area (Å²) in [4.78, 5) is 12.9. The van der Waals surface area contributed by atoms with Crippen LogP contribution in [-0.4, -0.2) is 53.1 Å². The highest BCUT2D eigenvalue weighted by molar-refractivity contribution is 5.72. The molecule has 5 nitrogen and oxygen atoms in total. The summed E-state index contributed by atoms with van der Waals surface area (Å²) in [6, 6.07) is 0. The predicted molar refractivity (Wildman–Crippen MR) is 99.8 cm³/mol. The SMILES string of the molecule is CC(O)C(=O)OO.CCCC[N+](CCCC)(CCCC)CCCC. The van der Waals surface area contributed by atoms with E-state index in [-0.39, 0.29) is 0 Å². The van der Waals surface area contributed by atoms with Gasteiger partial charge in [0.15, 0.2) is 6.10 Å². The maximum atomic E-state index is 9.79. The van der Waals surface area contributed by atoms with E-state index in [9.17, 15) is 4.79 Å². The molecule has 0 amide bonds. The first kappa shape index (κ1) is 25.6. The molecule has 2 N–H and O–H groups in total. The minimum atomic E-state index is -1.25.